The first kappa shape index (κ1) is 10.4. The maximum Gasteiger partial charge on any atom is 0.345 e. The van der Waals surface area contributed by atoms with Crippen molar-refractivity contribution in [2.75, 3.05) is 6.61 Å². The van der Waals surface area contributed by atoms with Crippen molar-refractivity contribution in [3.05, 3.63) is 24.0 Å². The number of nitrogens with zero attached hydrogens (tertiary/aromatic N) is 2. The van der Waals surface area contributed by atoms with Crippen LogP contribution in [0.3, 0.4) is 0 Å². The molecule has 2 rings (SSSR count). The van der Waals surface area contributed by atoms with Crippen molar-refractivity contribution in [3.8, 4) is 0 Å². The average molecular weight is 221 g/mol. The van der Waals surface area contributed by atoms with Crippen LogP contribution < -0.4 is 5.32 Å². The van der Waals surface area contributed by atoms with Gasteiger partial charge < -0.3 is 10.1 Å². The topological polar surface area (TPSA) is 71.0 Å². The van der Waals surface area contributed by atoms with E-state index < -0.39 is 18.2 Å². The second-order valence-electron chi connectivity index (χ2n) is 3.17. The Morgan fingerprint density at radius 1 is 1.69 bits per heavy atom. The molecule has 0 radical (unpaired) electrons. The zero-order valence-electron chi connectivity index (χ0n) is 8.71. The van der Waals surface area contributed by atoms with Gasteiger partial charge >= 0.3 is 5.97 Å². The molecule has 0 unspecified atom stereocenters. The van der Waals surface area contributed by atoms with Gasteiger partial charge in [-0.1, -0.05) is 0 Å². The maximum absolute atomic E-state index is 11.9. The van der Waals surface area contributed by atoms with Gasteiger partial charge in [0, 0.05) is 18.6 Å². The van der Waals surface area contributed by atoms with Crippen LogP contribution in [0, 0.1) is 0 Å². The molecule has 0 bridgehead atoms. The van der Waals surface area contributed by atoms with Crippen LogP contribution in [0.25, 0.3) is 0 Å². The quantitative estimate of drug-likeness (QED) is 0.515. The predicted molar refractivity (Wildman–Crippen MR) is 56.1 cm³/mol. The van der Waals surface area contributed by atoms with Gasteiger partial charge in [-0.05, 0) is 13.0 Å². The summed E-state index contributed by atoms with van der Waals surface area (Å²) in [5.74, 6) is -1.03. The third-order valence-corrected chi connectivity index (χ3v) is 2.16. The Labute approximate surface area is 92.3 Å². The van der Waals surface area contributed by atoms with E-state index in [1.807, 2.05) is 0 Å². The molecule has 0 aliphatic carbocycles. The van der Waals surface area contributed by atoms with Gasteiger partial charge in [0.1, 0.15) is 5.57 Å². The van der Waals surface area contributed by atoms with Crippen molar-refractivity contribution >= 4 is 18.1 Å². The molecule has 2 aliphatic heterocycles. The average Bonchev–Trinajstić information content (AvgIpc) is 2.30. The van der Waals surface area contributed by atoms with Gasteiger partial charge in [0.25, 0.3) is 5.91 Å². The molecule has 0 aromatic heterocycles. The maximum atomic E-state index is 11.9. The lowest BCUT2D eigenvalue weighted by Gasteiger charge is -2.31. The van der Waals surface area contributed by atoms with Crippen molar-refractivity contribution in [3.63, 3.8) is 0 Å². The summed E-state index contributed by atoms with van der Waals surface area (Å²) in [6.07, 6.45) is 5.67. The molecule has 1 atom stereocenters. The number of ether oxygens (including phenoxy) is 1. The largest absolute Gasteiger partial charge is 0.462 e. The predicted octanol–water partition coefficient (Wildman–Crippen LogP) is -0.253. The Morgan fingerprint density at radius 2 is 2.50 bits per heavy atom. The smallest absolute Gasteiger partial charge is 0.345 e. The molecular formula is C10H11N3O3. The monoisotopic (exact) mass is 221 g/mol. The second kappa shape index (κ2) is 4.18. The van der Waals surface area contributed by atoms with Gasteiger partial charge in [0.05, 0.1) is 6.61 Å². The van der Waals surface area contributed by atoms with Crippen LogP contribution in [0.15, 0.2) is 29.0 Å². The van der Waals surface area contributed by atoms with Gasteiger partial charge in [-0.3, -0.25) is 9.69 Å². The lowest BCUT2D eigenvalue weighted by atomic mass is 10.2. The highest BCUT2D eigenvalue weighted by Gasteiger charge is 2.32. The van der Waals surface area contributed by atoms with Gasteiger partial charge in [-0.15, -0.1) is 0 Å². The summed E-state index contributed by atoms with van der Waals surface area (Å²) in [5.41, 5.74) is -0.0140. The van der Waals surface area contributed by atoms with Crippen LogP contribution in [0.5, 0.6) is 0 Å². The van der Waals surface area contributed by atoms with Gasteiger partial charge in [0.15, 0.2) is 0 Å². The van der Waals surface area contributed by atoms with Crippen molar-refractivity contribution in [1.82, 2.24) is 10.2 Å². The SMILES string of the molecule is CCOC(=O)C1=CN[C@@H]2N=CC=CN2C1=O. The normalized spacial score (nSPS) is 22.3. The lowest BCUT2D eigenvalue weighted by molar-refractivity contribution is -0.142. The minimum atomic E-state index is -0.624. The van der Waals surface area contributed by atoms with Crippen molar-refractivity contribution < 1.29 is 14.3 Å². The molecule has 2 heterocycles. The third-order valence-electron chi connectivity index (χ3n) is 2.16. The minimum absolute atomic E-state index is 0.0140. The summed E-state index contributed by atoms with van der Waals surface area (Å²) < 4.78 is 4.77. The van der Waals surface area contributed by atoms with E-state index in [1.54, 1.807) is 25.4 Å². The lowest BCUT2D eigenvalue weighted by Crippen LogP contribution is -2.49. The number of fused-ring (bicyclic) bond motifs is 1. The zero-order chi connectivity index (χ0) is 11.5. The standard InChI is InChI=1S/C10H11N3O3/c1-2-16-9(15)7-6-12-10-11-4-3-5-13(10)8(7)14/h3-6,10,12H,2H2,1H3/t10-/m0/s1. The third kappa shape index (κ3) is 1.69. The Hall–Kier alpha value is -2.11. The summed E-state index contributed by atoms with van der Waals surface area (Å²) in [6.45, 7) is 1.92. The Morgan fingerprint density at radius 3 is 3.25 bits per heavy atom. The molecule has 84 valence electrons. The van der Waals surface area contributed by atoms with E-state index >= 15 is 0 Å². The first-order valence-corrected chi connectivity index (χ1v) is 4.90. The summed E-state index contributed by atoms with van der Waals surface area (Å²) in [6, 6.07) is 0. The Balaban J connectivity index is 2.20. The summed E-state index contributed by atoms with van der Waals surface area (Å²) in [7, 11) is 0. The molecule has 0 spiro atoms. The number of allylic oxidation sites excluding steroid dienone is 1. The number of aliphatic imine (C=N–C) groups is 1. The van der Waals surface area contributed by atoms with Crippen LogP contribution in [0.1, 0.15) is 6.92 Å². The van der Waals surface area contributed by atoms with Crippen LogP contribution in [-0.2, 0) is 14.3 Å². The molecule has 0 aromatic rings. The van der Waals surface area contributed by atoms with E-state index in [1.165, 1.54) is 11.1 Å². The van der Waals surface area contributed by atoms with E-state index in [0.717, 1.165) is 0 Å². The number of hydrogen-bond acceptors (Lipinski definition) is 5. The van der Waals surface area contributed by atoms with Crippen molar-refractivity contribution in [1.29, 1.82) is 0 Å². The Kier molecular flexibility index (Phi) is 2.72. The number of rotatable bonds is 2. The fourth-order valence-corrected chi connectivity index (χ4v) is 1.43. The van der Waals surface area contributed by atoms with Crippen LogP contribution in [0.2, 0.25) is 0 Å². The number of carbonyl (C=O) groups excluding carboxylic acids is 2. The summed E-state index contributed by atoms with van der Waals surface area (Å²) in [5, 5.41) is 2.83. The molecular weight excluding hydrogens is 210 g/mol. The van der Waals surface area contributed by atoms with E-state index in [4.69, 9.17) is 4.74 Å². The van der Waals surface area contributed by atoms with Gasteiger partial charge in [-0.2, -0.15) is 0 Å². The minimum Gasteiger partial charge on any atom is -0.462 e. The number of esters is 1. The van der Waals surface area contributed by atoms with Crippen LogP contribution in [-0.4, -0.2) is 35.9 Å². The number of carbonyl (C=O) groups is 2. The van der Waals surface area contributed by atoms with Crippen molar-refractivity contribution in [2.24, 2.45) is 4.99 Å². The zero-order valence-corrected chi connectivity index (χ0v) is 8.71. The summed E-state index contributed by atoms with van der Waals surface area (Å²) in [4.78, 5) is 28.7. The first-order chi connectivity index (χ1) is 7.74. The van der Waals surface area contributed by atoms with E-state index in [-0.39, 0.29) is 12.2 Å². The molecule has 0 aromatic carbocycles. The van der Waals surface area contributed by atoms with Crippen LogP contribution >= 0.6 is 0 Å². The highest BCUT2D eigenvalue weighted by Crippen LogP contribution is 2.15. The molecule has 0 fully saturated rings. The molecule has 0 saturated heterocycles. The van der Waals surface area contributed by atoms with Crippen molar-refractivity contribution in [2.45, 2.75) is 13.2 Å². The number of amides is 1. The first-order valence-electron chi connectivity index (χ1n) is 4.90. The van der Waals surface area contributed by atoms with Gasteiger partial charge in [0.2, 0.25) is 6.29 Å². The number of hydrogen-bond donors (Lipinski definition) is 1. The highest BCUT2D eigenvalue weighted by atomic mass is 16.5. The fourth-order valence-electron chi connectivity index (χ4n) is 1.43. The number of nitrogens with one attached hydrogen (secondary N) is 1. The summed E-state index contributed by atoms with van der Waals surface area (Å²) >= 11 is 0. The molecule has 6 nitrogen and oxygen atoms in total. The van der Waals surface area contributed by atoms with E-state index in [2.05, 4.69) is 10.3 Å². The van der Waals surface area contributed by atoms with Crippen LogP contribution in [0.4, 0.5) is 0 Å². The van der Waals surface area contributed by atoms with E-state index in [0.29, 0.717) is 0 Å². The molecule has 2 aliphatic rings. The molecule has 1 amide bonds. The second-order valence-corrected chi connectivity index (χ2v) is 3.17. The van der Waals surface area contributed by atoms with Gasteiger partial charge in [-0.25, -0.2) is 9.79 Å². The molecule has 6 heteroatoms. The molecule has 16 heavy (non-hydrogen) atoms. The molecule has 1 N–H and O–H groups in total. The highest BCUT2D eigenvalue weighted by molar-refractivity contribution is 6.17. The molecule has 0 saturated carbocycles. The fraction of sp³-hybridized carbons (Fsp3) is 0.300. The Bertz CT molecular complexity index is 412. The van der Waals surface area contributed by atoms with E-state index in [9.17, 15) is 9.59 Å².